The molecule has 0 bridgehead atoms. The first kappa shape index (κ1) is 31.2. The van der Waals surface area contributed by atoms with E-state index in [2.05, 4.69) is 6.58 Å². The maximum atomic E-state index is 16.1. The van der Waals surface area contributed by atoms with E-state index in [4.69, 9.17) is 9.47 Å². The average Bonchev–Trinajstić information content (AvgIpc) is 2.92. The summed E-state index contributed by atoms with van der Waals surface area (Å²) < 4.78 is 79.6. The number of hydrogen-bond donors (Lipinski definition) is 2. The Morgan fingerprint density at radius 3 is 1.68 bits per heavy atom. The Hall–Kier alpha value is -3.38. The molecule has 216 valence electrons. The zero-order valence-electron chi connectivity index (χ0n) is 22.1. The van der Waals surface area contributed by atoms with Crippen LogP contribution in [-0.4, -0.2) is 43.2 Å². The fraction of sp³-hybridized carbons (Fsp3) is 0.241. The van der Waals surface area contributed by atoms with E-state index in [1.165, 1.54) is 79.7 Å². The summed E-state index contributed by atoms with van der Waals surface area (Å²) in [6, 6.07) is 21.9. The van der Waals surface area contributed by atoms with Crippen LogP contribution in [0.5, 0.6) is 0 Å². The first-order valence-electron chi connectivity index (χ1n) is 12.3. The number of halogens is 2. The van der Waals surface area contributed by atoms with Gasteiger partial charge in [0.1, 0.15) is 0 Å². The van der Waals surface area contributed by atoms with Crippen LogP contribution in [0.25, 0.3) is 0 Å². The minimum absolute atomic E-state index is 0.00366. The zero-order valence-corrected chi connectivity index (χ0v) is 23.7. The quantitative estimate of drug-likeness (QED) is 0.0998. The van der Waals surface area contributed by atoms with Gasteiger partial charge in [-0.25, -0.2) is 13.8 Å². The van der Waals surface area contributed by atoms with Crippen LogP contribution in [0.2, 0.25) is 0 Å². The van der Waals surface area contributed by atoms with Crippen LogP contribution in [0.15, 0.2) is 118 Å². The molecule has 0 heterocycles. The summed E-state index contributed by atoms with van der Waals surface area (Å²) in [6.07, 6.45) is -0.464. The third-order valence-electron chi connectivity index (χ3n) is 6.00. The van der Waals surface area contributed by atoms with Crippen LogP contribution < -0.4 is 0 Å². The topological polar surface area (TPSA) is 110 Å². The SMILES string of the molecule is C=C(C)C(=O)OC(C)CCCOC(=O)C(F)(F)S(=O)(O)(O)S(c1ccccc1)(c1ccccc1)c1ccccc1. The monoisotopic (exact) mass is 594 g/mol. The van der Waals surface area contributed by atoms with E-state index in [-0.39, 0.29) is 33.1 Å². The second-order valence-electron chi connectivity index (χ2n) is 9.08. The third-order valence-corrected chi connectivity index (χ3v) is 15.8. The summed E-state index contributed by atoms with van der Waals surface area (Å²) in [5.74, 6) is -2.97. The summed E-state index contributed by atoms with van der Waals surface area (Å²) in [5.41, 5.74) is 0.186. The first-order chi connectivity index (χ1) is 18.7. The predicted octanol–water partition coefficient (Wildman–Crippen LogP) is 7.07. The number of hydrogen-bond acceptors (Lipinski definition) is 5. The van der Waals surface area contributed by atoms with Crippen LogP contribution in [0, 0.1) is 0 Å². The molecule has 1 unspecified atom stereocenters. The highest BCUT2D eigenvalue weighted by Gasteiger charge is 2.73. The van der Waals surface area contributed by atoms with Crippen molar-refractivity contribution in [1.29, 1.82) is 0 Å². The highest BCUT2D eigenvalue weighted by atomic mass is 33.2. The summed E-state index contributed by atoms with van der Waals surface area (Å²) in [5, 5.41) is -5.24. The maximum Gasteiger partial charge on any atom is 0.445 e. The van der Waals surface area contributed by atoms with Crippen molar-refractivity contribution < 1.29 is 41.2 Å². The van der Waals surface area contributed by atoms with Gasteiger partial charge in [-0.3, -0.25) is 9.11 Å². The number of carbonyl (C=O) groups is 2. The second-order valence-corrected chi connectivity index (χ2v) is 17.0. The second kappa shape index (κ2) is 12.0. The van der Waals surface area contributed by atoms with Gasteiger partial charge in [-0.15, -0.1) is 0 Å². The number of rotatable bonds is 12. The molecule has 3 aromatic rings. The molecule has 0 amide bonds. The predicted molar refractivity (Wildman–Crippen MR) is 151 cm³/mol. The van der Waals surface area contributed by atoms with Gasteiger partial charge in [-0.2, -0.15) is 8.78 Å². The molecule has 0 saturated carbocycles. The highest BCUT2D eigenvalue weighted by Crippen LogP contribution is 2.82. The first-order valence-corrected chi connectivity index (χ1v) is 16.3. The molecule has 0 fully saturated rings. The molecule has 2 N–H and O–H groups in total. The van der Waals surface area contributed by atoms with Crippen molar-refractivity contribution in [2.45, 2.75) is 52.7 Å². The van der Waals surface area contributed by atoms with Crippen molar-refractivity contribution >= 4 is 29.7 Å². The van der Waals surface area contributed by atoms with Crippen molar-refractivity contribution in [3.8, 4) is 0 Å². The van der Waals surface area contributed by atoms with Gasteiger partial charge < -0.3 is 9.47 Å². The molecular weight excluding hydrogens is 562 g/mol. The molecule has 0 aromatic heterocycles. The van der Waals surface area contributed by atoms with Crippen LogP contribution in [0.3, 0.4) is 0 Å². The van der Waals surface area contributed by atoms with E-state index in [0.29, 0.717) is 0 Å². The van der Waals surface area contributed by atoms with E-state index in [0.717, 1.165) is 0 Å². The molecule has 7 nitrogen and oxygen atoms in total. The highest BCUT2D eigenvalue weighted by molar-refractivity contribution is 8.98. The molecule has 3 rings (SSSR count). The standard InChI is InChI=1S/C29H32F2O7S2/c1-22(2)27(32)38-23(3)14-13-21-37-28(33)29(30,31)40(34,35,36)39(24-15-7-4-8-16-24,25-17-9-5-10-18-25)26-19-11-6-12-20-26/h4-12,15-20,23H,1,13-14,21H2,2-3H3,(H2,34,35,36). The Kier molecular flexibility index (Phi) is 9.35. The maximum absolute atomic E-state index is 16.1. The molecular formula is C29H32F2O7S2. The Bertz CT molecular complexity index is 1310. The van der Waals surface area contributed by atoms with Gasteiger partial charge >= 0.3 is 17.2 Å². The Morgan fingerprint density at radius 2 is 1.30 bits per heavy atom. The minimum atomic E-state index is -7.34. The molecule has 0 spiro atoms. The fourth-order valence-corrected chi connectivity index (χ4v) is 13.4. The van der Waals surface area contributed by atoms with Crippen LogP contribution in [0.1, 0.15) is 26.7 Å². The molecule has 0 aliphatic heterocycles. The van der Waals surface area contributed by atoms with Gasteiger partial charge in [0.05, 0.1) is 12.7 Å². The van der Waals surface area contributed by atoms with Crippen LogP contribution in [-0.2, 0) is 27.7 Å². The van der Waals surface area contributed by atoms with Gasteiger partial charge in [-0.1, -0.05) is 70.2 Å². The van der Waals surface area contributed by atoms with Gasteiger partial charge in [0.2, 0.25) is 0 Å². The lowest BCUT2D eigenvalue weighted by atomic mass is 10.2. The van der Waals surface area contributed by atoms with Crippen molar-refractivity contribution in [1.82, 2.24) is 0 Å². The number of alkyl halides is 2. The molecule has 1 atom stereocenters. The molecule has 3 aromatic carbocycles. The third kappa shape index (κ3) is 5.60. The molecule has 0 aliphatic carbocycles. The minimum Gasteiger partial charge on any atom is -0.460 e. The van der Waals surface area contributed by atoms with E-state index in [9.17, 15) is 22.9 Å². The summed E-state index contributed by atoms with van der Waals surface area (Å²) in [7, 11) is -11.5. The smallest absolute Gasteiger partial charge is 0.445 e. The van der Waals surface area contributed by atoms with Crippen molar-refractivity contribution in [2.24, 2.45) is 0 Å². The van der Waals surface area contributed by atoms with Crippen molar-refractivity contribution in [2.75, 3.05) is 6.61 Å². The van der Waals surface area contributed by atoms with Crippen molar-refractivity contribution in [3.63, 3.8) is 0 Å². The molecule has 40 heavy (non-hydrogen) atoms. The lowest BCUT2D eigenvalue weighted by molar-refractivity contribution is -0.162. The normalized spacial score (nSPS) is 14.3. The fourth-order valence-electron chi connectivity index (χ4n) is 4.03. The lowest BCUT2D eigenvalue weighted by Crippen LogP contribution is -2.57. The van der Waals surface area contributed by atoms with Crippen LogP contribution in [0.4, 0.5) is 8.78 Å². The summed E-state index contributed by atoms with van der Waals surface area (Å²) in [4.78, 5) is 24.3. The van der Waals surface area contributed by atoms with E-state index in [1.54, 1.807) is 25.1 Å². The van der Waals surface area contributed by atoms with E-state index in [1.807, 2.05) is 0 Å². The number of benzene rings is 3. The van der Waals surface area contributed by atoms with Crippen LogP contribution >= 0.6 is 9.06 Å². The van der Waals surface area contributed by atoms with Gasteiger partial charge in [0.25, 0.3) is 0 Å². The summed E-state index contributed by atoms with van der Waals surface area (Å²) in [6.45, 7) is 5.94. The van der Waals surface area contributed by atoms with Gasteiger partial charge in [0, 0.05) is 20.3 Å². The number of esters is 2. The number of carbonyl (C=O) groups excluding carboxylic acids is 2. The van der Waals surface area contributed by atoms with Gasteiger partial charge in [0.15, 0.2) is 8.66 Å². The van der Waals surface area contributed by atoms with Crippen molar-refractivity contribution in [3.05, 3.63) is 103 Å². The molecule has 0 saturated heterocycles. The average molecular weight is 595 g/mol. The van der Waals surface area contributed by atoms with E-state index < -0.39 is 47.6 Å². The number of ether oxygens (including phenoxy) is 2. The Labute approximate surface area is 233 Å². The molecule has 11 heteroatoms. The Balaban J connectivity index is 2.05. The molecule has 0 radical (unpaired) electrons. The summed E-state index contributed by atoms with van der Waals surface area (Å²) >= 11 is 0. The van der Waals surface area contributed by atoms with E-state index >= 15 is 8.78 Å². The largest absolute Gasteiger partial charge is 0.460 e. The lowest BCUT2D eigenvalue weighted by Gasteiger charge is -2.55. The Morgan fingerprint density at radius 1 is 0.900 bits per heavy atom. The molecule has 0 aliphatic rings. The zero-order chi connectivity index (χ0) is 29.6. The van der Waals surface area contributed by atoms with Gasteiger partial charge in [-0.05, 0) is 63.1 Å².